The second-order valence-corrected chi connectivity index (χ2v) is 4.89. The van der Waals surface area contributed by atoms with Crippen molar-refractivity contribution in [1.82, 2.24) is 4.98 Å². The van der Waals surface area contributed by atoms with E-state index in [0.717, 1.165) is 23.8 Å². The summed E-state index contributed by atoms with van der Waals surface area (Å²) in [6.07, 6.45) is -1.52. The molecule has 1 nitrogen and oxygen atoms in total. The highest BCUT2D eigenvalue weighted by Crippen LogP contribution is 2.35. The van der Waals surface area contributed by atoms with Crippen molar-refractivity contribution in [2.75, 3.05) is 0 Å². The minimum absolute atomic E-state index is 0.352. The molecule has 0 radical (unpaired) electrons. The summed E-state index contributed by atoms with van der Waals surface area (Å²) in [6.45, 7) is 3.80. The molecule has 0 saturated heterocycles. The van der Waals surface area contributed by atoms with Crippen LogP contribution < -0.4 is 0 Å². The van der Waals surface area contributed by atoms with Crippen LogP contribution in [0.2, 0.25) is 0 Å². The molecule has 1 heterocycles. The predicted molar refractivity (Wildman–Crippen MR) is 74.7 cm³/mol. The highest BCUT2D eigenvalue weighted by atomic mass is 19.4. The number of rotatable bonds is 4. The summed E-state index contributed by atoms with van der Waals surface area (Å²) in [4.78, 5) is 3.86. The molecule has 0 amide bonds. The number of unbranched alkanes of at least 4 members (excludes halogenated alkanes) is 1. The minimum Gasteiger partial charge on any atom is -0.243 e. The Kier molecular flexibility index (Phi) is 4.31. The van der Waals surface area contributed by atoms with Gasteiger partial charge in [0.05, 0.1) is 5.52 Å². The molecule has 108 valence electrons. The molecule has 0 spiro atoms. The second kappa shape index (κ2) is 5.81. The van der Waals surface area contributed by atoms with Crippen molar-refractivity contribution >= 4 is 10.9 Å². The number of hydrogen-bond acceptors (Lipinski definition) is 1. The van der Waals surface area contributed by atoms with Crippen LogP contribution in [0.15, 0.2) is 24.3 Å². The van der Waals surface area contributed by atoms with E-state index in [9.17, 15) is 13.2 Å². The Labute approximate surface area is 116 Å². The number of benzene rings is 1. The molecule has 4 heteroatoms. The fourth-order valence-electron chi connectivity index (χ4n) is 2.57. The van der Waals surface area contributed by atoms with E-state index in [1.54, 1.807) is 19.1 Å². The topological polar surface area (TPSA) is 12.9 Å². The number of alkyl halides is 3. The third-order valence-electron chi connectivity index (χ3n) is 3.51. The van der Waals surface area contributed by atoms with Crippen molar-refractivity contribution in [3.8, 4) is 0 Å². The third kappa shape index (κ3) is 2.79. The molecule has 2 aromatic rings. The Morgan fingerprint density at radius 1 is 1.05 bits per heavy atom. The van der Waals surface area contributed by atoms with Gasteiger partial charge >= 0.3 is 6.18 Å². The third-order valence-corrected chi connectivity index (χ3v) is 3.51. The SMILES string of the molecule is CCCCc1c(CC)c(C(F)(F)F)nc2ccccc12. The van der Waals surface area contributed by atoms with Gasteiger partial charge in [0, 0.05) is 5.39 Å². The van der Waals surface area contributed by atoms with Gasteiger partial charge in [-0.1, -0.05) is 38.5 Å². The number of para-hydroxylation sites is 1. The molecule has 1 aromatic carbocycles. The maximum absolute atomic E-state index is 13.2. The molecule has 0 aliphatic carbocycles. The molecular weight excluding hydrogens is 263 g/mol. The lowest BCUT2D eigenvalue weighted by molar-refractivity contribution is -0.141. The number of pyridine rings is 1. The quantitative estimate of drug-likeness (QED) is 0.754. The zero-order valence-electron chi connectivity index (χ0n) is 11.7. The molecule has 2 rings (SSSR count). The van der Waals surface area contributed by atoms with Gasteiger partial charge in [-0.3, -0.25) is 0 Å². The first-order valence-electron chi connectivity index (χ1n) is 6.96. The maximum Gasteiger partial charge on any atom is 0.433 e. The standard InChI is InChI=1S/C16H18F3N/c1-3-5-8-12-11(4-2)15(16(17,18)19)20-14-10-7-6-9-13(12)14/h6-7,9-10H,3-5,8H2,1-2H3. The fraction of sp³-hybridized carbons (Fsp3) is 0.438. The first-order chi connectivity index (χ1) is 9.49. The van der Waals surface area contributed by atoms with Gasteiger partial charge in [0.1, 0.15) is 5.69 Å². The van der Waals surface area contributed by atoms with E-state index >= 15 is 0 Å². The van der Waals surface area contributed by atoms with Gasteiger partial charge in [-0.25, -0.2) is 4.98 Å². The Morgan fingerprint density at radius 2 is 1.75 bits per heavy atom. The maximum atomic E-state index is 13.2. The number of nitrogens with zero attached hydrogens (tertiary/aromatic N) is 1. The lowest BCUT2D eigenvalue weighted by Crippen LogP contribution is -2.14. The van der Waals surface area contributed by atoms with Crippen LogP contribution in [0.1, 0.15) is 43.5 Å². The van der Waals surface area contributed by atoms with Crippen LogP contribution in [0.5, 0.6) is 0 Å². The zero-order chi connectivity index (χ0) is 14.8. The highest BCUT2D eigenvalue weighted by Gasteiger charge is 2.36. The molecule has 0 aliphatic rings. The van der Waals surface area contributed by atoms with Crippen LogP contribution in [-0.2, 0) is 19.0 Å². The van der Waals surface area contributed by atoms with Crippen LogP contribution in [-0.4, -0.2) is 4.98 Å². The van der Waals surface area contributed by atoms with Crippen molar-refractivity contribution in [1.29, 1.82) is 0 Å². The summed E-state index contributed by atoms with van der Waals surface area (Å²) >= 11 is 0. The van der Waals surface area contributed by atoms with Gasteiger partial charge in [-0.15, -0.1) is 0 Å². The Hall–Kier alpha value is -1.58. The van der Waals surface area contributed by atoms with Crippen LogP contribution in [0.4, 0.5) is 13.2 Å². The van der Waals surface area contributed by atoms with Crippen molar-refractivity contribution in [3.05, 3.63) is 41.1 Å². The summed E-state index contributed by atoms with van der Waals surface area (Å²) in [5.74, 6) is 0. The van der Waals surface area contributed by atoms with Gasteiger partial charge in [-0.2, -0.15) is 13.2 Å². The van der Waals surface area contributed by atoms with Gasteiger partial charge in [0.2, 0.25) is 0 Å². The Bertz CT molecular complexity index is 602. The van der Waals surface area contributed by atoms with E-state index in [0.29, 0.717) is 23.9 Å². The van der Waals surface area contributed by atoms with Crippen molar-refractivity contribution < 1.29 is 13.2 Å². The molecule has 20 heavy (non-hydrogen) atoms. The largest absolute Gasteiger partial charge is 0.433 e. The van der Waals surface area contributed by atoms with E-state index in [1.165, 1.54) is 0 Å². The lowest BCUT2D eigenvalue weighted by Gasteiger charge is -2.17. The van der Waals surface area contributed by atoms with Crippen molar-refractivity contribution in [2.24, 2.45) is 0 Å². The fourth-order valence-corrected chi connectivity index (χ4v) is 2.57. The van der Waals surface area contributed by atoms with Gasteiger partial charge in [-0.05, 0) is 36.5 Å². The summed E-state index contributed by atoms with van der Waals surface area (Å²) in [5, 5.41) is 0.853. The van der Waals surface area contributed by atoms with Crippen molar-refractivity contribution in [2.45, 2.75) is 45.7 Å². The lowest BCUT2D eigenvalue weighted by atomic mass is 9.94. The van der Waals surface area contributed by atoms with Gasteiger partial charge < -0.3 is 0 Å². The monoisotopic (exact) mass is 281 g/mol. The average Bonchev–Trinajstić information content (AvgIpc) is 2.42. The first kappa shape index (κ1) is 14.8. The Balaban J connectivity index is 2.74. The molecule has 0 bridgehead atoms. The predicted octanol–water partition coefficient (Wildman–Crippen LogP) is 5.16. The van der Waals surface area contributed by atoms with E-state index in [-0.39, 0.29) is 0 Å². The van der Waals surface area contributed by atoms with Gasteiger partial charge in [0.25, 0.3) is 0 Å². The number of aryl methyl sites for hydroxylation is 1. The molecular formula is C16H18F3N. The van der Waals surface area contributed by atoms with Crippen LogP contribution in [0.3, 0.4) is 0 Å². The van der Waals surface area contributed by atoms with E-state index in [2.05, 4.69) is 4.98 Å². The van der Waals surface area contributed by atoms with Crippen LogP contribution in [0.25, 0.3) is 10.9 Å². The van der Waals surface area contributed by atoms with Crippen LogP contribution in [0, 0.1) is 0 Å². The second-order valence-electron chi connectivity index (χ2n) is 4.89. The average molecular weight is 281 g/mol. The number of hydrogen-bond donors (Lipinski definition) is 0. The molecule has 0 aliphatic heterocycles. The molecule has 0 unspecified atom stereocenters. The smallest absolute Gasteiger partial charge is 0.243 e. The van der Waals surface area contributed by atoms with Crippen LogP contribution >= 0.6 is 0 Å². The van der Waals surface area contributed by atoms with E-state index < -0.39 is 11.9 Å². The number of halogens is 3. The number of aromatic nitrogens is 1. The normalized spacial score (nSPS) is 12.1. The Morgan fingerprint density at radius 3 is 2.35 bits per heavy atom. The number of fused-ring (bicyclic) bond motifs is 1. The zero-order valence-corrected chi connectivity index (χ0v) is 11.7. The van der Waals surface area contributed by atoms with Crippen molar-refractivity contribution in [3.63, 3.8) is 0 Å². The highest BCUT2D eigenvalue weighted by molar-refractivity contribution is 5.83. The molecule has 0 fully saturated rings. The minimum atomic E-state index is -4.39. The molecule has 0 N–H and O–H groups in total. The summed E-state index contributed by atoms with van der Waals surface area (Å²) in [7, 11) is 0. The van der Waals surface area contributed by atoms with E-state index in [1.807, 2.05) is 19.1 Å². The molecule has 0 atom stereocenters. The molecule has 1 aromatic heterocycles. The summed E-state index contributed by atoms with van der Waals surface area (Å²) in [5.41, 5.74) is 0.879. The first-order valence-corrected chi connectivity index (χ1v) is 6.96. The summed E-state index contributed by atoms with van der Waals surface area (Å²) in [6, 6.07) is 7.10. The van der Waals surface area contributed by atoms with E-state index in [4.69, 9.17) is 0 Å². The summed E-state index contributed by atoms with van der Waals surface area (Å²) < 4.78 is 39.6. The molecule has 0 saturated carbocycles. The van der Waals surface area contributed by atoms with Gasteiger partial charge in [0.15, 0.2) is 0 Å².